The van der Waals surface area contributed by atoms with E-state index in [4.69, 9.17) is 17.0 Å². The fraction of sp³-hybridized carbons (Fsp3) is 0.600. The number of methoxy groups -OCH3 is 1. The van der Waals surface area contributed by atoms with Crippen molar-refractivity contribution in [2.24, 2.45) is 5.92 Å². The molecule has 2 aliphatic rings. The molecule has 2 aliphatic carbocycles. The van der Waals surface area contributed by atoms with Gasteiger partial charge in [0.1, 0.15) is 5.00 Å². The second-order valence-corrected chi connectivity index (χ2v) is 8.80. The molecule has 6 heteroatoms. The Kier molecular flexibility index (Phi) is 6.70. The normalized spacial score (nSPS) is 19.3. The first-order chi connectivity index (χ1) is 12.6. The molecule has 1 aromatic rings. The Hall–Kier alpha value is -1.40. The van der Waals surface area contributed by atoms with Gasteiger partial charge in [-0.25, -0.2) is 4.79 Å². The number of thiocarbonyl (C=S) groups is 1. The number of esters is 1. The zero-order valence-corrected chi connectivity index (χ0v) is 17.3. The molecule has 4 nitrogen and oxygen atoms in total. The molecule has 0 saturated heterocycles. The molecular formula is C20H28N2O2S2. The molecule has 142 valence electrons. The molecule has 0 amide bonds. The SMILES string of the molecule is COC(=O)c1c(NC(=S)NCCC2=CCCCC2)sc2c1CCC(C)C2. The van der Waals surface area contributed by atoms with Crippen LogP contribution in [0.25, 0.3) is 0 Å². The predicted molar refractivity (Wildman–Crippen MR) is 112 cm³/mol. The van der Waals surface area contributed by atoms with Gasteiger partial charge in [-0.1, -0.05) is 18.6 Å². The van der Waals surface area contributed by atoms with Crippen molar-refractivity contribution in [3.8, 4) is 0 Å². The van der Waals surface area contributed by atoms with Crippen molar-refractivity contribution < 1.29 is 9.53 Å². The number of hydrogen-bond acceptors (Lipinski definition) is 4. The van der Waals surface area contributed by atoms with E-state index in [1.54, 1.807) is 11.3 Å². The summed E-state index contributed by atoms with van der Waals surface area (Å²) < 4.78 is 5.03. The highest BCUT2D eigenvalue weighted by Gasteiger charge is 2.28. The molecule has 0 fully saturated rings. The van der Waals surface area contributed by atoms with Gasteiger partial charge in [-0.3, -0.25) is 0 Å². The van der Waals surface area contributed by atoms with Crippen LogP contribution in [0, 0.1) is 5.92 Å². The molecule has 3 rings (SSSR count). The summed E-state index contributed by atoms with van der Waals surface area (Å²) in [5, 5.41) is 7.95. The Balaban J connectivity index is 1.63. The zero-order chi connectivity index (χ0) is 18.5. The van der Waals surface area contributed by atoms with Crippen molar-refractivity contribution in [1.82, 2.24) is 5.32 Å². The van der Waals surface area contributed by atoms with Crippen LogP contribution in [-0.4, -0.2) is 24.7 Å². The van der Waals surface area contributed by atoms with Gasteiger partial charge >= 0.3 is 5.97 Å². The van der Waals surface area contributed by atoms with Crippen molar-refractivity contribution in [2.75, 3.05) is 19.0 Å². The highest BCUT2D eigenvalue weighted by atomic mass is 32.1. The van der Waals surface area contributed by atoms with Crippen LogP contribution in [0.2, 0.25) is 0 Å². The van der Waals surface area contributed by atoms with Crippen LogP contribution in [0.4, 0.5) is 5.00 Å². The van der Waals surface area contributed by atoms with Crippen LogP contribution in [0.1, 0.15) is 66.2 Å². The summed E-state index contributed by atoms with van der Waals surface area (Å²) in [5.41, 5.74) is 3.36. The lowest BCUT2D eigenvalue weighted by atomic mass is 9.88. The van der Waals surface area contributed by atoms with Crippen LogP contribution in [0.15, 0.2) is 11.6 Å². The third-order valence-electron chi connectivity index (χ3n) is 5.24. The summed E-state index contributed by atoms with van der Waals surface area (Å²) >= 11 is 7.11. The summed E-state index contributed by atoms with van der Waals surface area (Å²) in [6.07, 6.45) is 11.5. The van der Waals surface area contributed by atoms with E-state index in [9.17, 15) is 4.79 Å². The number of hydrogen-bond donors (Lipinski definition) is 2. The third kappa shape index (κ3) is 4.65. The summed E-state index contributed by atoms with van der Waals surface area (Å²) in [7, 11) is 1.44. The van der Waals surface area contributed by atoms with Crippen LogP contribution in [-0.2, 0) is 17.6 Å². The number of carbonyl (C=O) groups is 1. The van der Waals surface area contributed by atoms with Crippen LogP contribution in [0.3, 0.4) is 0 Å². The van der Waals surface area contributed by atoms with Crippen molar-refractivity contribution in [3.63, 3.8) is 0 Å². The van der Waals surface area contributed by atoms with Crippen molar-refractivity contribution in [1.29, 1.82) is 0 Å². The predicted octanol–water partition coefficient (Wildman–Crippen LogP) is 4.84. The molecular weight excluding hydrogens is 364 g/mol. The number of thiophene rings is 1. The lowest BCUT2D eigenvalue weighted by Gasteiger charge is -2.18. The number of anilines is 1. The van der Waals surface area contributed by atoms with Crippen LogP contribution >= 0.6 is 23.6 Å². The minimum atomic E-state index is -0.269. The second-order valence-electron chi connectivity index (χ2n) is 7.29. The smallest absolute Gasteiger partial charge is 0.341 e. The standard InChI is InChI=1S/C20H28N2O2S2/c1-13-8-9-15-16(12-13)26-18(17(15)19(23)24-2)22-20(25)21-11-10-14-6-4-3-5-7-14/h6,13H,3-5,7-12H2,1-2H3,(H2,21,22,25). The van der Waals surface area contributed by atoms with Crippen LogP contribution < -0.4 is 10.6 Å². The Morgan fingerprint density at radius 2 is 2.23 bits per heavy atom. The Morgan fingerprint density at radius 1 is 1.38 bits per heavy atom. The van der Waals surface area contributed by atoms with Gasteiger partial charge in [-0.15, -0.1) is 11.3 Å². The van der Waals surface area contributed by atoms with Gasteiger partial charge in [0.15, 0.2) is 5.11 Å². The number of nitrogens with one attached hydrogen (secondary N) is 2. The Morgan fingerprint density at radius 3 is 2.96 bits per heavy atom. The molecule has 2 N–H and O–H groups in total. The first kappa shape index (κ1) is 19.4. The molecule has 1 heterocycles. The van der Waals surface area contributed by atoms with Gasteiger partial charge in [0.05, 0.1) is 12.7 Å². The second kappa shape index (κ2) is 9.00. The summed E-state index contributed by atoms with van der Waals surface area (Å²) in [5.74, 6) is 0.392. The van der Waals surface area contributed by atoms with Crippen LogP contribution in [0.5, 0.6) is 0 Å². The molecule has 1 atom stereocenters. The molecule has 26 heavy (non-hydrogen) atoms. The lowest BCUT2D eigenvalue weighted by molar-refractivity contribution is 0.0601. The molecule has 0 spiro atoms. The average molecular weight is 393 g/mol. The van der Waals surface area contributed by atoms with E-state index in [1.165, 1.54) is 43.2 Å². The topological polar surface area (TPSA) is 50.4 Å². The molecule has 0 aliphatic heterocycles. The van der Waals surface area contributed by atoms with E-state index in [0.29, 0.717) is 16.6 Å². The highest BCUT2D eigenvalue weighted by Crippen LogP contribution is 2.40. The van der Waals surface area contributed by atoms with E-state index >= 15 is 0 Å². The van der Waals surface area contributed by atoms with Crippen molar-refractivity contribution in [3.05, 3.63) is 27.7 Å². The highest BCUT2D eigenvalue weighted by molar-refractivity contribution is 7.80. The summed E-state index contributed by atoms with van der Waals surface area (Å²) in [6.45, 7) is 3.09. The number of ether oxygens (including phenoxy) is 1. The maximum absolute atomic E-state index is 12.3. The van der Waals surface area contributed by atoms with Gasteiger partial charge in [0.25, 0.3) is 0 Å². The molecule has 0 aromatic carbocycles. The maximum atomic E-state index is 12.3. The quantitative estimate of drug-likeness (QED) is 0.427. The first-order valence-corrected chi connectivity index (χ1v) is 10.8. The minimum absolute atomic E-state index is 0.269. The van der Waals surface area contributed by atoms with E-state index in [1.807, 2.05) is 0 Å². The maximum Gasteiger partial charge on any atom is 0.341 e. The molecule has 1 unspecified atom stereocenters. The molecule has 0 bridgehead atoms. The van der Waals surface area contributed by atoms with Crippen molar-refractivity contribution >= 4 is 39.6 Å². The monoisotopic (exact) mass is 392 g/mol. The first-order valence-electron chi connectivity index (χ1n) is 9.54. The molecule has 0 saturated carbocycles. The fourth-order valence-corrected chi connectivity index (χ4v) is 5.44. The lowest BCUT2D eigenvalue weighted by Crippen LogP contribution is -2.29. The van der Waals surface area contributed by atoms with Gasteiger partial charge in [0.2, 0.25) is 0 Å². The average Bonchev–Trinajstić information content (AvgIpc) is 2.98. The van der Waals surface area contributed by atoms with Gasteiger partial charge < -0.3 is 15.4 Å². The summed E-state index contributed by atoms with van der Waals surface area (Å²) in [6, 6.07) is 0. The van der Waals surface area contributed by atoms with Crippen molar-refractivity contribution in [2.45, 2.75) is 58.3 Å². The van der Waals surface area contributed by atoms with E-state index < -0.39 is 0 Å². The largest absolute Gasteiger partial charge is 0.465 e. The number of carbonyl (C=O) groups excluding carboxylic acids is 1. The van der Waals surface area contributed by atoms with E-state index in [0.717, 1.165) is 42.8 Å². The molecule has 1 aromatic heterocycles. The van der Waals surface area contributed by atoms with Gasteiger partial charge in [0, 0.05) is 11.4 Å². The Bertz CT molecular complexity index is 709. The summed E-state index contributed by atoms with van der Waals surface area (Å²) in [4.78, 5) is 13.6. The van der Waals surface area contributed by atoms with E-state index in [-0.39, 0.29) is 5.97 Å². The fourth-order valence-electron chi connectivity index (χ4n) is 3.77. The number of rotatable bonds is 5. The molecule has 0 radical (unpaired) electrons. The van der Waals surface area contributed by atoms with Gasteiger partial charge in [-0.05, 0) is 75.1 Å². The zero-order valence-electron chi connectivity index (χ0n) is 15.7. The van der Waals surface area contributed by atoms with Gasteiger partial charge in [-0.2, -0.15) is 0 Å². The number of fused-ring (bicyclic) bond motifs is 1. The number of allylic oxidation sites excluding steroid dienone is 1. The minimum Gasteiger partial charge on any atom is -0.465 e. The third-order valence-corrected chi connectivity index (χ3v) is 6.66. The Labute approximate surface area is 165 Å². The van der Waals surface area contributed by atoms with E-state index in [2.05, 4.69) is 23.6 Å².